The van der Waals surface area contributed by atoms with Gasteiger partial charge in [-0.1, -0.05) is 86.3 Å². The van der Waals surface area contributed by atoms with Crippen molar-refractivity contribution in [1.82, 2.24) is 9.47 Å². The van der Waals surface area contributed by atoms with Crippen LogP contribution in [0.2, 0.25) is 0 Å². The fourth-order valence-electron chi connectivity index (χ4n) is 6.02. The molecule has 208 valence electrons. The quantitative estimate of drug-likeness (QED) is 0.409. The minimum atomic E-state index is -0.683. The molecule has 9 heteroatoms. The van der Waals surface area contributed by atoms with Crippen LogP contribution in [0.4, 0.5) is 5.69 Å². The van der Waals surface area contributed by atoms with Crippen LogP contribution in [0.5, 0.6) is 0 Å². The van der Waals surface area contributed by atoms with Crippen LogP contribution in [-0.4, -0.2) is 45.5 Å². The number of anilines is 1. The van der Waals surface area contributed by atoms with Crippen molar-refractivity contribution in [3.05, 3.63) is 80.3 Å². The summed E-state index contributed by atoms with van der Waals surface area (Å²) in [7, 11) is 0. The van der Waals surface area contributed by atoms with E-state index in [2.05, 4.69) is 32.9 Å². The molecule has 0 N–H and O–H groups in total. The molecule has 2 aromatic carbocycles. The van der Waals surface area contributed by atoms with Crippen LogP contribution in [0.25, 0.3) is 0 Å². The lowest BCUT2D eigenvalue weighted by atomic mass is 9.81. The maximum Gasteiger partial charge on any atom is 0.308 e. The molecule has 4 heterocycles. The maximum atomic E-state index is 14.0. The summed E-state index contributed by atoms with van der Waals surface area (Å²) in [6.07, 6.45) is 3.05. The van der Waals surface area contributed by atoms with Gasteiger partial charge in [0.1, 0.15) is 11.8 Å². The van der Waals surface area contributed by atoms with Crippen molar-refractivity contribution in [2.75, 3.05) is 18.0 Å². The van der Waals surface area contributed by atoms with Gasteiger partial charge < -0.3 is 4.90 Å². The predicted molar refractivity (Wildman–Crippen MR) is 158 cm³/mol. The monoisotopic (exact) mass is 575 g/mol. The lowest BCUT2D eigenvalue weighted by molar-refractivity contribution is -0.133. The highest BCUT2D eigenvalue weighted by molar-refractivity contribution is 8.00. The molecule has 40 heavy (non-hydrogen) atoms. The number of nitrogens with zero attached hydrogens (tertiary/aromatic N) is 3. The van der Waals surface area contributed by atoms with Crippen LogP contribution in [0.3, 0.4) is 0 Å². The lowest BCUT2D eigenvalue weighted by Crippen LogP contribution is -2.39. The molecule has 2 saturated heterocycles. The molecule has 0 saturated carbocycles. The summed E-state index contributed by atoms with van der Waals surface area (Å²) in [4.78, 5) is 58.1. The topological polar surface area (TPSA) is 79.7 Å². The Kier molecular flexibility index (Phi) is 6.99. The van der Waals surface area contributed by atoms with Crippen LogP contribution in [0.1, 0.15) is 62.0 Å². The number of thioether (sulfide) groups is 1. The predicted octanol–water partition coefficient (Wildman–Crippen LogP) is 5.02. The van der Waals surface area contributed by atoms with Crippen molar-refractivity contribution in [2.45, 2.75) is 68.2 Å². The molecule has 0 radical (unpaired) electrons. The van der Waals surface area contributed by atoms with Crippen LogP contribution < -0.4 is 9.77 Å². The van der Waals surface area contributed by atoms with E-state index in [-0.39, 0.29) is 34.6 Å². The largest absolute Gasteiger partial charge is 0.341 e. The number of amides is 3. The van der Waals surface area contributed by atoms with Crippen LogP contribution in [0.15, 0.2) is 64.4 Å². The van der Waals surface area contributed by atoms with E-state index in [1.807, 2.05) is 35.2 Å². The van der Waals surface area contributed by atoms with Crippen molar-refractivity contribution in [3.63, 3.8) is 0 Å². The first kappa shape index (κ1) is 27.0. The highest BCUT2D eigenvalue weighted by Gasteiger charge is 2.56. The van der Waals surface area contributed by atoms with E-state index >= 15 is 0 Å². The first-order valence-electron chi connectivity index (χ1n) is 13.9. The number of para-hydroxylation sites is 1. The maximum absolute atomic E-state index is 14.0. The number of hydrogen-bond acceptors (Lipinski definition) is 6. The Morgan fingerprint density at radius 1 is 0.900 bits per heavy atom. The van der Waals surface area contributed by atoms with Crippen molar-refractivity contribution >= 4 is 46.5 Å². The minimum Gasteiger partial charge on any atom is -0.341 e. The van der Waals surface area contributed by atoms with Gasteiger partial charge in [-0.25, -0.2) is 4.90 Å². The van der Waals surface area contributed by atoms with E-state index in [0.29, 0.717) is 23.8 Å². The molecule has 2 unspecified atom stereocenters. The number of rotatable bonds is 4. The number of carbonyl (C=O) groups excluding carboxylic acids is 3. The van der Waals surface area contributed by atoms with E-state index in [4.69, 9.17) is 0 Å². The summed E-state index contributed by atoms with van der Waals surface area (Å²) < 4.78 is 1.54. The van der Waals surface area contributed by atoms with Crippen molar-refractivity contribution in [1.29, 1.82) is 0 Å². The number of hydrogen-bond donors (Lipinski definition) is 0. The second-order valence-electron chi connectivity index (χ2n) is 11.8. The van der Waals surface area contributed by atoms with E-state index < -0.39 is 17.1 Å². The Balaban J connectivity index is 1.44. The number of carbonyl (C=O) groups is 3. The first-order valence-corrected chi connectivity index (χ1v) is 15.6. The van der Waals surface area contributed by atoms with E-state index in [0.717, 1.165) is 46.6 Å². The number of benzene rings is 2. The van der Waals surface area contributed by atoms with Crippen molar-refractivity contribution in [3.8, 4) is 0 Å². The molecule has 3 amide bonds. The van der Waals surface area contributed by atoms with Gasteiger partial charge in [-0.3, -0.25) is 23.7 Å². The van der Waals surface area contributed by atoms with Crippen molar-refractivity contribution in [2.24, 2.45) is 5.92 Å². The van der Waals surface area contributed by atoms with Gasteiger partial charge in [-0.2, -0.15) is 0 Å². The van der Waals surface area contributed by atoms with Crippen LogP contribution >= 0.6 is 23.1 Å². The van der Waals surface area contributed by atoms with Gasteiger partial charge in [0.05, 0.1) is 16.6 Å². The summed E-state index contributed by atoms with van der Waals surface area (Å²) >= 11 is 2.37. The summed E-state index contributed by atoms with van der Waals surface area (Å²) in [5.74, 6) is -1.70. The Bertz CT molecular complexity index is 1510. The van der Waals surface area contributed by atoms with Gasteiger partial charge in [0.25, 0.3) is 0 Å². The van der Waals surface area contributed by atoms with E-state index in [9.17, 15) is 19.2 Å². The molecule has 2 fully saturated rings. The SMILES string of the molecule is CC(C)(C)c1ccc([C@H]2c3sc(=O)n(CC(=O)N4CCCCC4)c3SC3C(=O)N(c4ccccc4)C(=O)C32)cc1. The van der Waals surface area contributed by atoms with Crippen LogP contribution in [0, 0.1) is 5.92 Å². The molecule has 0 bridgehead atoms. The zero-order chi connectivity index (χ0) is 28.2. The highest BCUT2D eigenvalue weighted by Crippen LogP contribution is 2.54. The molecule has 3 aromatic rings. The Morgan fingerprint density at radius 3 is 2.23 bits per heavy atom. The number of piperidine rings is 1. The smallest absolute Gasteiger partial charge is 0.308 e. The first-order chi connectivity index (χ1) is 19.1. The van der Waals surface area contributed by atoms with Gasteiger partial charge in [0.15, 0.2) is 0 Å². The Morgan fingerprint density at radius 2 is 1.57 bits per heavy atom. The third kappa shape index (κ3) is 4.63. The molecule has 7 nitrogen and oxygen atoms in total. The zero-order valence-electron chi connectivity index (χ0n) is 23.0. The number of aromatic nitrogens is 1. The van der Waals surface area contributed by atoms with Gasteiger partial charge >= 0.3 is 4.87 Å². The number of imide groups is 1. The average Bonchev–Trinajstić information content (AvgIpc) is 3.39. The molecular weight excluding hydrogens is 542 g/mol. The zero-order valence-corrected chi connectivity index (χ0v) is 24.6. The summed E-state index contributed by atoms with van der Waals surface area (Å²) in [5.41, 5.74) is 2.57. The van der Waals surface area contributed by atoms with Crippen molar-refractivity contribution < 1.29 is 14.4 Å². The molecule has 3 atom stereocenters. The average molecular weight is 576 g/mol. The van der Waals surface area contributed by atoms with E-state index in [1.54, 1.807) is 12.1 Å². The Hall–Kier alpha value is -3.17. The minimum absolute atomic E-state index is 0.0408. The molecule has 1 aromatic heterocycles. The normalized spacial score (nSPS) is 22.8. The summed E-state index contributed by atoms with van der Waals surface area (Å²) in [6, 6.07) is 17.2. The number of likely N-dealkylation sites (tertiary alicyclic amines) is 1. The third-order valence-electron chi connectivity index (χ3n) is 8.20. The standard InChI is InChI=1S/C31H33N3O4S2/c1-31(2,3)20-14-12-19(13-15-20)23-24-25(28(37)34(27(24)36)21-10-6-4-7-11-21)39-29-26(23)40-30(38)33(29)18-22(35)32-16-8-5-9-17-32/h4,6-7,10-15,23-25H,5,8-9,16-18H2,1-3H3/t23-,24?,25?/m1/s1. The molecule has 0 spiro atoms. The molecule has 0 aliphatic carbocycles. The fourth-order valence-corrected chi connectivity index (χ4v) is 8.79. The van der Waals surface area contributed by atoms with Crippen LogP contribution in [-0.2, 0) is 26.3 Å². The van der Waals surface area contributed by atoms with Gasteiger partial charge in [0, 0.05) is 23.9 Å². The summed E-state index contributed by atoms with van der Waals surface area (Å²) in [5, 5.41) is -0.0413. The molecule has 6 rings (SSSR count). The van der Waals surface area contributed by atoms with Gasteiger partial charge in [-0.15, -0.1) is 0 Å². The third-order valence-corrected chi connectivity index (χ3v) is 10.8. The highest BCUT2D eigenvalue weighted by atomic mass is 32.2. The fraction of sp³-hybridized carbons (Fsp3) is 0.419. The van der Waals surface area contributed by atoms with Gasteiger partial charge in [-0.05, 0) is 47.9 Å². The summed E-state index contributed by atoms with van der Waals surface area (Å²) in [6.45, 7) is 7.81. The Labute approximate surface area is 242 Å². The second kappa shape index (κ2) is 10.3. The lowest BCUT2D eigenvalue weighted by Gasteiger charge is -2.31. The van der Waals surface area contributed by atoms with Gasteiger partial charge in [0.2, 0.25) is 17.7 Å². The molecule has 3 aliphatic rings. The molecule has 3 aliphatic heterocycles. The number of fused-ring (bicyclic) bond motifs is 2. The number of thiazole rings is 1. The molecular formula is C31H33N3O4S2. The van der Waals surface area contributed by atoms with E-state index in [1.165, 1.54) is 21.2 Å². The second-order valence-corrected chi connectivity index (χ2v) is 13.9.